The Balaban J connectivity index is 1.73. The van der Waals surface area contributed by atoms with Gasteiger partial charge in [0.15, 0.2) is 5.76 Å². The number of carboxylic acid groups (broad SMARTS) is 1. The highest BCUT2D eigenvalue weighted by Crippen LogP contribution is 2.20. The SMILES string of the molecule is CC=C(OCCCCc1ccc2c(n1)NCCC2)C(=O)O. The Kier molecular flexibility index (Phi) is 5.60. The van der Waals surface area contributed by atoms with Crippen molar-refractivity contribution in [1.29, 1.82) is 0 Å². The molecule has 0 aromatic carbocycles. The number of allylic oxidation sites excluding steroid dienone is 1. The summed E-state index contributed by atoms with van der Waals surface area (Å²) in [4.78, 5) is 15.4. The van der Waals surface area contributed by atoms with Gasteiger partial charge in [-0.05, 0) is 56.7 Å². The highest BCUT2D eigenvalue weighted by atomic mass is 16.5. The first-order valence-corrected chi connectivity index (χ1v) is 7.46. The van der Waals surface area contributed by atoms with Crippen molar-refractivity contribution in [2.75, 3.05) is 18.5 Å². The maximum Gasteiger partial charge on any atom is 0.370 e. The zero-order valence-electron chi connectivity index (χ0n) is 12.4. The van der Waals surface area contributed by atoms with Crippen LogP contribution in [0.4, 0.5) is 5.82 Å². The molecule has 5 heteroatoms. The van der Waals surface area contributed by atoms with Gasteiger partial charge in [0.2, 0.25) is 0 Å². The number of carboxylic acids is 1. The lowest BCUT2D eigenvalue weighted by atomic mass is 10.1. The molecule has 0 aliphatic carbocycles. The normalized spacial score (nSPS) is 14.2. The number of aliphatic carboxylic acids is 1. The van der Waals surface area contributed by atoms with Gasteiger partial charge in [-0.1, -0.05) is 6.07 Å². The summed E-state index contributed by atoms with van der Waals surface area (Å²) in [6.07, 6.45) is 6.38. The number of carbonyl (C=O) groups is 1. The summed E-state index contributed by atoms with van der Waals surface area (Å²) in [5.41, 5.74) is 2.38. The summed E-state index contributed by atoms with van der Waals surface area (Å²) in [5, 5.41) is 12.1. The van der Waals surface area contributed by atoms with Gasteiger partial charge in [-0.15, -0.1) is 0 Å². The second-order valence-electron chi connectivity index (χ2n) is 5.10. The number of aromatic nitrogens is 1. The van der Waals surface area contributed by atoms with Crippen LogP contribution in [-0.2, 0) is 22.4 Å². The number of ether oxygens (including phenoxy) is 1. The number of aryl methyl sites for hydroxylation is 2. The molecular formula is C16H22N2O3. The highest BCUT2D eigenvalue weighted by Gasteiger charge is 2.10. The van der Waals surface area contributed by atoms with Crippen LogP contribution in [0.15, 0.2) is 24.0 Å². The van der Waals surface area contributed by atoms with E-state index in [1.807, 2.05) is 0 Å². The van der Waals surface area contributed by atoms with Crippen molar-refractivity contribution >= 4 is 11.8 Å². The summed E-state index contributed by atoms with van der Waals surface area (Å²) < 4.78 is 5.21. The first kappa shape index (κ1) is 15.4. The van der Waals surface area contributed by atoms with Crippen molar-refractivity contribution in [3.63, 3.8) is 0 Å². The smallest absolute Gasteiger partial charge is 0.370 e. The fourth-order valence-electron chi connectivity index (χ4n) is 2.37. The molecule has 0 amide bonds. The molecule has 0 radical (unpaired) electrons. The third-order valence-corrected chi connectivity index (χ3v) is 3.51. The Bertz CT molecular complexity index is 526. The van der Waals surface area contributed by atoms with E-state index in [0.29, 0.717) is 6.61 Å². The van der Waals surface area contributed by atoms with Crippen LogP contribution < -0.4 is 5.32 Å². The summed E-state index contributed by atoms with van der Waals surface area (Å²) >= 11 is 0. The lowest BCUT2D eigenvalue weighted by Crippen LogP contribution is -2.14. The van der Waals surface area contributed by atoms with Crippen molar-refractivity contribution in [3.05, 3.63) is 35.2 Å². The van der Waals surface area contributed by atoms with Gasteiger partial charge in [0, 0.05) is 12.2 Å². The number of fused-ring (bicyclic) bond motifs is 1. The van der Waals surface area contributed by atoms with E-state index >= 15 is 0 Å². The highest BCUT2D eigenvalue weighted by molar-refractivity contribution is 5.84. The van der Waals surface area contributed by atoms with Crippen molar-refractivity contribution in [1.82, 2.24) is 4.98 Å². The maximum atomic E-state index is 10.7. The van der Waals surface area contributed by atoms with Gasteiger partial charge < -0.3 is 15.2 Å². The maximum absolute atomic E-state index is 10.7. The van der Waals surface area contributed by atoms with E-state index in [0.717, 1.165) is 43.7 Å². The van der Waals surface area contributed by atoms with Crippen LogP contribution in [0.1, 0.15) is 37.4 Å². The number of hydrogen-bond acceptors (Lipinski definition) is 4. The second kappa shape index (κ2) is 7.67. The van der Waals surface area contributed by atoms with Crippen molar-refractivity contribution in [2.45, 2.75) is 39.0 Å². The largest absolute Gasteiger partial charge is 0.487 e. The molecule has 1 aromatic rings. The Hall–Kier alpha value is -2.04. The van der Waals surface area contributed by atoms with Crippen LogP contribution in [0.3, 0.4) is 0 Å². The zero-order chi connectivity index (χ0) is 15.1. The van der Waals surface area contributed by atoms with Crippen LogP contribution in [-0.4, -0.2) is 29.2 Å². The molecule has 1 aliphatic heterocycles. The van der Waals surface area contributed by atoms with E-state index in [1.54, 1.807) is 6.92 Å². The fraction of sp³-hybridized carbons (Fsp3) is 0.500. The average Bonchev–Trinajstić information content (AvgIpc) is 2.50. The molecular weight excluding hydrogens is 268 g/mol. The molecule has 0 fully saturated rings. The minimum atomic E-state index is -1.01. The topological polar surface area (TPSA) is 71.5 Å². The van der Waals surface area contributed by atoms with E-state index in [4.69, 9.17) is 9.84 Å². The predicted molar refractivity (Wildman–Crippen MR) is 81.3 cm³/mol. The van der Waals surface area contributed by atoms with E-state index in [1.165, 1.54) is 18.1 Å². The van der Waals surface area contributed by atoms with Gasteiger partial charge in [0.1, 0.15) is 5.82 Å². The molecule has 21 heavy (non-hydrogen) atoms. The first-order valence-electron chi connectivity index (χ1n) is 7.46. The van der Waals surface area contributed by atoms with E-state index in [9.17, 15) is 4.79 Å². The monoisotopic (exact) mass is 290 g/mol. The van der Waals surface area contributed by atoms with Crippen molar-refractivity contribution < 1.29 is 14.6 Å². The van der Waals surface area contributed by atoms with Crippen LogP contribution in [0.25, 0.3) is 0 Å². The van der Waals surface area contributed by atoms with Gasteiger partial charge in [0.25, 0.3) is 0 Å². The Morgan fingerprint density at radius 2 is 2.33 bits per heavy atom. The molecule has 0 bridgehead atoms. The number of hydrogen-bond donors (Lipinski definition) is 2. The third-order valence-electron chi connectivity index (χ3n) is 3.51. The number of nitrogens with one attached hydrogen (secondary N) is 1. The van der Waals surface area contributed by atoms with Gasteiger partial charge in [-0.3, -0.25) is 0 Å². The zero-order valence-corrected chi connectivity index (χ0v) is 12.4. The van der Waals surface area contributed by atoms with Crippen LogP contribution in [0, 0.1) is 0 Å². The Morgan fingerprint density at radius 3 is 3.10 bits per heavy atom. The Morgan fingerprint density at radius 1 is 1.48 bits per heavy atom. The van der Waals surface area contributed by atoms with Gasteiger partial charge >= 0.3 is 5.97 Å². The van der Waals surface area contributed by atoms with E-state index in [2.05, 4.69) is 22.4 Å². The van der Waals surface area contributed by atoms with Crippen molar-refractivity contribution in [3.8, 4) is 0 Å². The minimum Gasteiger partial charge on any atom is -0.487 e. The number of unbranched alkanes of at least 4 members (excludes halogenated alkanes) is 1. The molecule has 0 unspecified atom stereocenters. The van der Waals surface area contributed by atoms with Crippen molar-refractivity contribution in [2.24, 2.45) is 0 Å². The summed E-state index contributed by atoms with van der Waals surface area (Å²) in [6.45, 7) is 3.08. The first-order chi connectivity index (χ1) is 10.2. The standard InChI is InChI=1S/C16H22N2O3/c1-2-14(16(19)20)21-11-4-3-7-13-9-8-12-6-5-10-17-15(12)18-13/h2,8-9H,3-7,10-11H2,1H3,(H,17,18)(H,19,20). The third kappa shape index (κ3) is 4.48. The van der Waals surface area contributed by atoms with Gasteiger partial charge in [-0.25, -0.2) is 9.78 Å². The molecule has 0 atom stereocenters. The molecule has 5 nitrogen and oxygen atoms in total. The molecule has 0 saturated heterocycles. The number of anilines is 1. The number of pyridine rings is 1. The van der Waals surface area contributed by atoms with Crippen LogP contribution in [0.2, 0.25) is 0 Å². The number of nitrogens with zero attached hydrogens (tertiary/aromatic N) is 1. The number of rotatable bonds is 7. The molecule has 1 aromatic heterocycles. The fourth-order valence-corrected chi connectivity index (χ4v) is 2.37. The lowest BCUT2D eigenvalue weighted by Gasteiger charge is -2.17. The lowest BCUT2D eigenvalue weighted by molar-refractivity contribution is -0.136. The molecule has 114 valence electrons. The molecule has 0 saturated carbocycles. The minimum absolute atomic E-state index is 0.0195. The quantitative estimate of drug-likeness (QED) is 0.459. The van der Waals surface area contributed by atoms with Gasteiger partial charge in [0.05, 0.1) is 6.61 Å². The molecule has 1 aliphatic rings. The summed E-state index contributed by atoms with van der Waals surface area (Å²) in [6, 6.07) is 4.24. The summed E-state index contributed by atoms with van der Waals surface area (Å²) in [7, 11) is 0. The molecule has 2 heterocycles. The second-order valence-corrected chi connectivity index (χ2v) is 5.10. The predicted octanol–water partition coefficient (Wildman–Crippen LogP) is 2.77. The molecule has 2 rings (SSSR count). The van der Waals surface area contributed by atoms with Gasteiger partial charge in [-0.2, -0.15) is 0 Å². The molecule has 2 N–H and O–H groups in total. The summed E-state index contributed by atoms with van der Waals surface area (Å²) in [5.74, 6) is 0.0307. The average molecular weight is 290 g/mol. The van der Waals surface area contributed by atoms with Crippen LogP contribution in [0.5, 0.6) is 0 Å². The Labute approximate surface area is 125 Å². The van der Waals surface area contributed by atoms with Crippen LogP contribution >= 0.6 is 0 Å². The van der Waals surface area contributed by atoms with E-state index < -0.39 is 5.97 Å². The molecule has 0 spiro atoms. The van der Waals surface area contributed by atoms with E-state index in [-0.39, 0.29) is 5.76 Å².